The summed E-state index contributed by atoms with van der Waals surface area (Å²) in [5, 5.41) is 8.37. The standard InChI is InChI=1S/C19H17BrN4O/c1-12-5-3-6-14-9-10-23(18(12)14)19(25)17-13(2)24(22-21-17)16-8-4-7-15(20)11-16/h3-8,11H,9-10H2,1-2H3. The van der Waals surface area contributed by atoms with Crippen LogP contribution >= 0.6 is 15.9 Å². The molecule has 0 spiro atoms. The highest BCUT2D eigenvalue weighted by Crippen LogP contribution is 2.32. The molecule has 0 aliphatic carbocycles. The molecule has 4 rings (SSSR count). The quantitative estimate of drug-likeness (QED) is 0.660. The van der Waals surface area contributed by atoms with E-state index >= 15 is 0 Å². The number of nitrogens with zero attached hydrogens (tertiary/aromatic N) is 4. The highest BCUT2D eigenvalue weighted by Gasteiger charge is 2.30. The summed E-state index contributed by atoms with van der Waals surface area (Å²) in [5.41, 5.74) is 5.35. The first-order valence-electron chi connectivity index (χ1n) is 8.15. The van der Waals surface area contributed by atoms with E-state index in [2.05, 4.69) is 32.3 Å². The Kier molecular flexibility index (Phi) is 3.92. The van der Waals surface area contributed by atoms with E-state index < -0.39 is 0 Å². The number of hydrogen-bond acceptors (Lipinski definition) is 3. The van der Waals surface area contributed by atoms with Gasteiger partial charge in [0.05, 0.1) is 17.1 Å². The summed E-state index contributed by atoms with van der Waals surface area (Å²) in [6.45, 7) is 4.60. The molecule has 0 N–H and O–H groups in total. The number of rotatable bonds is 2. The number of aromatic nitrogens is 3. The molecule has 5 nitrogen and oxygen atoms in total. The Morgan fingerprint density at radius 3 is 2.76 bits per heavy atom. The van der Waals surface area contributed by atoms with E-state index in [4.69, 9.17) is 0 Å². The lowest BCUT2D eigenvalue weighted by atomic mass is 10.1. The molecule has 0 radical (unpaired) electrons. The van der Waals surface area contributed by atoms with Crippen molar-refractivity contribution in [2.24, 2.45) is 0 Å². The lowest BCUT2D eigenvalue weighted by Crippen LogP contribution is -2.30. The SMILES string of the molecule is Cc1cccc2c1N(C(=O)c1nnn(-c3cccc(Br)c3)c1C)CC2. The molecule has 1 aliphatic heterocycles. The number of benzene rings is 2. The molecule has 0 saturated heterocycles. The van der Waals surface area contributed by atoms with Crippen LogP contribution in [0.2, 0.25) is 0 Å². The number of para-hydroxylation sites is 1. The molecule has 3 aromatic rings. The molecule has 25 heavy (non-hydrogen) atoms. The van der Waals surface area contributed by atoms with Gasteiger partial charge in [-0.05, 0) is 49.6 Å². The molecule has 0 atom stereocenters. The van der Waals surface area contributed by atoms with Gasteiger partial charge in [0.1, 0.15) is 0 Å². The summed E-state index contributed by atoms with van der Waals surface area (Å²) in [7, 11) is 0. The fourth-order valence-corrected chi connectivity index (χ4v) is 3.75. The molecule has 2 heterocycles. The predicted octanol–water partition coefficient (Wildman–Crippen LogP) is 3.85. The molecule has 0 unspecified atom stereocenters. The molecular weight excluding hydrogens is 380 g/mol. The number of carbonyl (C=O) groups is 1. The first-order chi connectivity index (χ1) is 12.1. The van der Waals surface area contributed by atoms with Crippen molar-refractivity contribution in [3.8, 4) is 5.69 Å². The van der Waals surface area contributed by atoms with Crippen LogP contribution in [0.5, 0.6) is 0 Å². The van der Waals surface area contributed by atoms with Crippen LogP contribution in [0.4, 0.5) is 5.69 Å². The van der Waals surface area contributed by atoms with Crippen LogP contribution in [0.3, 0.4) is 0 Å². The van der Waals surface area contributed by atoms with Crippen LogP contribution in [0.25, 0.3) is 5.69 Å². The number of halogens is 1. The number of hydrogen-bond donors (Lipinski definition) is 0. The molecular formula is C19H17BrN4O. The molecule has 0 fully saturated rings. The molecule has 0 saturated carbocycles. The van der Waals surface area contributed by atoms with Gasteiger partial charge >= 0.3 is 0 Å². The molecule has 126 valence electrons. The lowest BCUT2D eigenvalue weighted by molar-refractivity contribution is 0.0984. The fraction of sp³-hybridized carbons (Fsp3) is 0.211. The summed E-state index contributed by atoms with van der Waals surface area (Å²) < 4.78 is 2.66. The van der Waals surface area contributed by atoms with Gasteiger partial charge in [0.15, 0.2) is 5.69 Å². The van der Waals surface area contributed by atoms with Crippen LogP contribution in [0.1, 0.15) is 27.3 Å². The van der Waals surface area contributed by atoms with Crippen LogP contribution in [-0.2, 0) is 6.42 Å². The van der Waals surface area contributed by atoms with Crippen molar-refractivity contribution in [1.29, 1.82) is 0 Å². The highest BCUT2D eigenvalue weighted by molar-refractivity contribution is 9.10. The molecule has 1 aliphatic rings. The monoisotopic (exact) mass is 396 g/mol. The zero-order chi connectivity index (χ0) is 17.6. The van der Waals surface area contributed by atoms with Crippen molar-refractivity contribution in [3.63, 3.8) is 0 Å². The summed E-state index contributed by atoms with van der Waals surface area (Å²) in [4.78, 5) is 14.9. The minimum atomic E-state index is -0.0909. The van der Waals surface area contributed by atoms with Crippen LogP contribution in [0, 0.1) is 13.8 Å². The van der Waals surface area contributed by atoms with Gasteiger partial charge in [-0.1, -0.05) is 45.4 Å². The third kappa shape index (κ3) is 2.66. The maximum atomic E-state index is 13.1. The van der Waals surface area contributed by atoms with Crippen molar-refractivity contribution in [3.05, 3.63) is 69.5 Å². The molecule has 1 amide bonds. The zero-order valence-corrected chi connectivity index (χ0v) is 15.6. The number of anilines is 1. The van der Waals surface area contributed by atoms with Gasteiger partial charge in [0.25, 0.3) is 5.91 Å². The predicted molar refractivity (Wildman–Crippen MR) is 100 cm³/mol. The maximum Gasteiger partial charge on any atom is 0.280 e. The van der Waals surface area contributed by atoms with Crippen LogP contribution in [0.15, 0.2) is 46.9 Å². The first kappa shape index (κ1) is 16.0. The molecule has 2 aromatic carbocycles. The average molecular weight is 397 g/mol. The average Bonchev–Trinajstić information content (AvgIpc) is 3.19. The smallest absolute Gasteiger partial charge is 0.280 e. The van der Waals surface area contributed by atoms with E-state index in [0.29, 0.717) is 12.2 Å². The van der Waals surface area contributed by atoms with Crippen LogP contribution < -0.4 is 4.90 Å². The third-order valence-electron chi connectivity index (χ3n) is 4.59. The summed E-state index contributed by atoms with van der Waals surface area (Å²) in [5.74, 6) is -0.0909. The van der Waals surface area contributed by atoms with Crippen molar-refractivity contribution >= 4 is 27.5 Å². The van der Waals surface area contributed by atoms with E-state index in [0.717, 1.165) is 33.5 Å². The Morgan fingerprint density at radius 1 is 1.16 bits per heavy atom. The summed E-state index contributed by atoms with van der Waals surface area (Å²) in [6, 6.07) is 13.9. The van der Waals surface area contributed by atoms with Crippen molar-refractivity contribution in [2.75, 3.05) is 11.4 Å². The van der Waals surface area contributed by atoms with Crippen molar-refractivity contribution in [2.45, 2.75) is 20.3 Å². The zero-order valence-electron chi connectivity index (χ0n) is 14.0. The van der Waals surface area contributed by atoms with Gasteiger partial charge in [-0.3, -0.25) is 4.79 Å². The van der Waals surface area contributed by atoms with E-state index in [1.165, 1.54) is 5.56 Å². The normalized spacial score (nSPS) is 13.2. The van der Waals surface area contributed by atoms with Gasteiger partial charge in [-0.15, -0.1) is 5.10 Å². The second-order valence-corrected chi connectivity index (χ2v) is 7.12. The Hall–Kier alpha value is -2.47. The summed E-state index contributed by atoms with van der Waals surface area (Å²) in [6.07, 6.45) is 0.877. The number of aryl methyl sites for hydroxylation is 1. The molecule has 0 bridgehead atoms. The second kappa shape index (κ2) is 6.11. The topological polar surface area (TPSA) is 51.0 Å². The van der Waals surface area contributed by atoms with Crippen molar-refractivity contribution < 1.29 is 4.79 Å². The van der Waals surface area contributed by atoms with Crippen molar-refractivity contribution in [1.82, 2.24) is 15.0 Å². The molecule has 6 heteroatoms. The Morgan fingerprint density at radius 2 is 1.96 bits per heavy atom. The fourth-order valence-electron chi connectivity index (χ4n) is 3.36. The highest BCUT2D eigenvalue weighted by atomic mass is 79.9. The van der Waals surface area contributed by atoms with Gasteiger partial charge in [-0.2, -0.15) is 0 Å². The second-order valence-electron chi connectivity index (χ2n) is 6.20. The minimum absolute atomic E-state index is 0.0909. The Balaban J connectivity index is 1.72. The van der Waals surface area contributed by atoms with Gasteiger partial charge in [0, 0.05) is 11.0 Å². The van der Waals surface area contributed by atoms with E-state index in [1.54, 1.807) is 4.68 Å². The maximum absolute atomic E-state index is 13.1. The van der Waals surface area contributed by atoms with E-state index in [-0.39, 0.29) is 5.91 Å². The number of fused-ring (bicyclic) bond motifs is 1. The van der Waals surface area contributed by atoms with E-state index in [1.807, 2.05) is 55.1 Å². The van der Waals surface area contributed by atoms with Gasteiger partial charge in [-0.25, -0.2) is 4.68 Å². The van der Waals surface area contributed by atoms with Gasteiger partial charge in [0.2, 0.25) is 0 Å². The lowest BCUT2D eigenvalue weighted by Gasteiger charge is -2.18. The first-order valence-corrected chi connectivity index (χ1v) is 8.94. The van der Waals surface area contributed by atoms with Crippen LogP contribution in [-0.4, -0.2) is 27.4 Å². The minimum Gasteiger partial charge on any atom is -0.306 e. The third-order valence-corrected chi connectivity index (χ3v) is 5.08. The Labute approximate surface area is 154 Å². The van der Waals surface area contributed by atoms with E-state index in [9.17, 15) is 4.79 Å². The Bertz CT molecular complexity index is 979. The number of carbonyl (C=O) groups excluding carboxylic acids is 1. The number of amides is 1. The summed E-state index contributed by atoms with van der Waals surface area (Å²) >= 11 is 3.46. The molecule has 1 aromatic heterocycles. The largest absolute Gasteiger partial charge is 0.306 e. The van der Waals surface area contributed by atoms with Gasteiger partial charge < -0.3 is 4.90 Å².